The molecule has 0 amide bonds. The molecule has 16 heavy (non-hydrogen) atoms. The van der Waals surface area contributed by atoms with E-state index in [0.717, 1.165) is 15.6 Å². The van der Waals surface area contributed by atoms with Gasteiger partial charge in [0.2, 0.25) is 0 Å². The number of hydrogen-bond acceptors (Lipinski definition) is 1. The Morgan fingerprint density at radius 3 is 2.44 bits per heavy atom. The average molecular weight is 277 g/mol. The maximum atomic E-state index is 10.1. The fourth-order valence-electron chi connectivity index (χ4n) is 1.67. The highest BCUT2D eigenvalue weighted by Gasteiger charge is 2.08. The molecule has 0 aliphatic rings. The van der Waals surface area contributed by atoms with Gasteiger partial charge in [-0.25, -0.2) is 0 Å². The van der Waals surface area contributed by atoms with Crippen LogP contribution in [0.2, 0.25) is 0 Å². The van der Waals surface area contributed by atoms with Gasteiger partial charge in [-0.3, -0.25) is 0 Å². The number of benzene rings is 2. The molecule has 2 aromatic rings. The molecule has 0 saturated heterocycles. The van der Waals surface area contributed by atoms with E-state index in [0.29, 0.717) is 6.42 Å². The van der Waals surface area contributed by atoms with Gasteiger partial charge in [-0.05, 0) is 23.3 Å². The Labute approximate surface area is 104 Å². The van der Waals surface area contributed by atoms with Crippen LogP contribution in [0.4, 0.5) is 0 Å². The van der Waals surface area contributed by atoms with E-state index < -0.39 is 6.10 Å². The summed E-state index contributed by atoms with van der Waals surface area (Å²) in [4.78, 5) is 0. The highest BCUT2D eigenvalue weighted by Crippen LogP contribution is 2.21. The van der Waals surface area contributed by atoms with E-state index in [1.807, 2.05) is 54.6 Å². The van der Waals surface area contributed by atoms with Crippen LogP contribution in [0, 0.1) is 0 Å². The third kappa shape index (κ3) is 2.94. The molecule has 0 aromatic heterocycles. The van der Waals surface area contributed by atoms with E-state index in [-0.39, 0.29) is 0 Å². The van der Waals surface area contributed by atoms with Crippen molar-refractivity contribution in [2.75, 3.05) is 0 Å². The monoisotopic (exact) mass is 276 g/mol. The smallest absolute Gasteiger partial charge is 0.0830 e. The van der Waals surface area contributed by atoms with E-state index in [4.69, 9.17) is 0 Å². The van der Waals surface area contributed by atoms with E-state index in [1.54, 1.807) is 0 Å². The van der Waals surface area contributed by atoms with Crippen molar-refractivity contribution in [3.63, 3.8) is 0 Å². The van der Waals surface area contributed by atoms with Gasteiger partial charge in [0.15, 0.2) is 0 Å². The molecule has 0 heterocycles. The van der Waals surface area contributed by atoms with Crippen LogP contribution in [0.1, 0.15) is 17.2 Å². The molecule has 1 atom stereocenters. The largest absolute Gasteiger partial charge is 0.388 e. The molecule has 1 nitrogen and oxygen atoms in total. The van der Waals surface area contributed by atoms with Crippen LogP contribution in [0.15, 0.2) is 59.1 Å². The molecule has 0 spiro atoms. The second-order valence-corrected chi connectivity index (χ2v) is 4.68. The molecule has 2 rings (SSSR count). The first-order valence-electron chi connectivity index (χ1n) is 5.23. The molecule has 0 bridgehead atoms. The van der Waals surface area contributed by atoms with Crippen LogP contribution >= 0.6 is 15.9 Å². The summed E-state index contributed by atoms with van der Waals surface area (Å²) in [6.07, 6.45) is 0.206. The minimum absolute atomic E-state index is 0.445. The summed E-state index contributed by atoms with van der Waals surface area (Å²) in [5.41, 5.74) is 2.09. The lowest BCUT2D eigenvalue weighted by atomic mass is 10.0. The molecule has 2 aromatic carbocycles. The fourth-order valence-corrected chi connectivity index (χ4v) is 2.09. The Bertz CT molecular complexity index is 453. The van der Waals surface area contributed by atoms with Crippen molar-refractivity contribution in [1.82, 2.24) is 0 Å². The quantitative estimate of drug-likeness (QED) is 0.906. The van der Waals surface area contributed by atoms with Gasteiger partial charge in [0.05, 0.1) is 6.10 Å². The topological polar surface area (TPSA) is 20.2 Å². The van der Waals surface area contributed by atoms with Crippen molar-refractivity contribution < 1.29 is 5.11 Å². The van der Waals surface area contributed by atoms with E-state index in [2.05, 4.69) is 15.9 Å². The zero-order valence-corrected chi connectivity index (χ0v) is 10.4. The van der Waals surface area contributed by atoms with Gasteiger partial charge < -0.3 is 5.11 Å². The van der Waals surface area contributed by atoms with Crippen molar-refractivity contribution in [3.05, 3.63) is 70.2 Å². The van der Waals surface area contributed by atoms with Crippen LogP contribution in [0.3, 0.4) is 0 Å². The predicted molar refractivity (Wildman–Crippen MR) is 69.2 cm³/mol. The van der Waals surface area contributed by atoms with Gasteiger partial charge in [0.1, 0.15) is 0 Å². The molecular weight excluding hydrogens is 264 g/mol. The Morgan fingerprint density at radius 2 is 1.75 bits per heavy atom. The lowest BCUT2D eigenvalue weighted by Crippen LogP contribution is -2.01. The van der Waals surface area contributed by atoms with Gasteiger partial charge in [0, 0.05) is 10.9 Å². The Hall–Kier alpha value is -1.12. The molecule has 2 heteroatoms. The van der Waals surface area contributed by atoms with Crippen LogP contribution < -0.4 is 0 Å². The van der Waals surface area contributed by atoms with Crippen molar-refractivity contribution in [3.8, 4) is 0 Å². The van der Waals surface area contributed by atoms with Gasteiger partial charge >= 0.3 is 0 Å². The second-order valence-electron chi connectivity index (χ2n) is 3.76. The Balaban J connectivity index is 2.12. The van der Waals surface area contributed by atoms with Crippen LogP contribution in [-0.2, 0) is 6.42 Å². The second kappa shape index (κ2) is 5.28. The Morgan fingerprint density at radius 1 is 1.00 bits per heavy atom. The maximum Gasteiger partial charge on any atom is 0.0830 e. The minimum atomic E-state index is -0.445. The molecule has 0 aliphatic carbocycles. The molecule has 82 valence electrons. The number of aliphatic hydroxyl groups is 1. The first kappa shape index (κ1) is 11.4. The van der Waals surface area contributed by atoms with Crippen molar-refractivity contribution >= 4 is 15.9 Å². The predicted octanol–water partition coefficient (Wildman–Crippen LogP) is 3.73. The number of aliphatic hydroxyl groups excluding tert-OH is 1. The van der Waals surface area contributed by atoms with Crippen molar-refractivity contribution in [1.29, 1.82) is 0 Å². The highest BCUT2D eigenvalue weighted by molar-refractivity contribution is 9.10. The zero-order valence-electron chi connectivity index (χ0n) is 8.81. The standard InChI is InChI=1S/C14H13BrO/c15-13-8-4-7-12(10-13)14(16)9-11-5-2-1-3-6-11/h1-8,10,14,16H,9H2/t14-/m0/s1. The summed E-state index contributed by atoms with van der Waals surface area (Å²) in [5.74, 6) is 0. The molecule has 0 fully saturated rings. The summed E-state index contributed by atoms with van der Waals surface area (Å²) in [6.45, 7) is 0. The normalized spacial score (nSPS) is 12.4. The summed E-state index contributed by atoms with van der Waals surface area (Å²) < 4.78 is 0.997. The lowest BCUT2D eigenvalue weighted by molar-refractivity contribution is 0.178. The zero-order chi connectivity index (χ0) is 11.4. The summed E-state index contributed by atoms with van der Waals surface area (Å²) in [5, 5.41) is 10.1. The molecule has 0 saturated carbocycles. The molecular formula is C14H13BrO. The third-order valence-electron chi connectivity index (χ3n) is 2.51. The number of halogens is 1. The summed E-state index contributed by atoms with van der Waals surface area (Å²) in [7, 11) is 0. The van der Waals surface area contributed by atoms with Crippen LogP contribution in [-0.4, -0.2) is 5.11 Å². The average Bonchev–Trinajstić information content (AvgIpc) is 2.30. The van der Waals surface area contributed by atoms with Crippen molar-refractivity contribution in [2.24, 2.45) is 0 Å². The Kier molecular flexibility index (Phi) is 3.75. The SMILES string of the molecule is O[C@@H](Cc1ccccc1)c1cccc(Br)c1. The number of rotatable bonds is 3. The third-order valence-corrected chi connectivity index (χ3v) is 3.00. The lowest BCUT2D eigenvalue weighted by Gasteiger charge is -2.11. The van der Waals surface area contributed by atoms with Gasteiger partial charge in [0.25, 0.3) is 0 Å². The highest BCUT2D eigenvalue weighted by atomic mass is 79.9. The van der Waals surface area contributed by atoms with E-state index in [9.17, 15) is 5.11 Å². The summed E-state index contributed by atoms with van der Waals surface area (Å²) >= 11 is 3.40. The molecule has 0 radical (unpaired) electrons. The molecule has 0 unspecified atom stereocenters. The van der Waals surface area contributed by atoms with Gasteiger partial charge in [-0.2, -0.15) is 0 Å². The van der Waals surface area contributed by atoms with Gasteiger partial charge in [-0.15, -0.1) is 0 Å². The van der Waals surface area contributed by atoms with E-state index >= 15 is 0 Å². The van der Waals surface area contributed by atoms with E-state index in [1.165, 1.54) is 0 Å². The first-order chi connectivity index (χ1) is 7.75. The molecule has 1 N–H and O–H groups in total. The first-order valence-corrected chi connectivity index (χ1v) is 6.02. The maximum absolute atomic E-state index is 10.1. The van der Waals surface area contributed by atoms with Crippen LogP contribution in [0.25, 0.3) is 0 Å². The van der Waals surface area contributed by atoms with Gasteiger partial charge in [-0.1, -0.05) is 58.4 Å². The summed E-state index contributed by atoms with van der Waals surface area (Å²) in [6, 6.07) is 17.8. The number of hydrogen-bond donors (Lipinski definition) is 1. The van der Waals surface area contributed by atoms with Crippen LogP contribution in [0.5, 0.6) is 0 Å². The fraction of sp³-hybridized carbons (Fsp3) is 0.143. The molecule has 0 aliphatic heterocycles. The van der Waals surface area contributed by atoms with Crippen molar-refractivity contribution in [2.45, 2.75) is 12.5 Å². The minimum Gasteiger partial charge on any atom is -0.388 e.